The zero-order valence-electron chi connectivity index (χ0n) is 13.8. The van der Waals surface area contributed by atoms with Crippen molar-refractivity contribution in [2.24, 2.45) is 0 Å². The van der Waals surface area contributed by atoms with E-state index < -0.39 is 0 Å². The predicted octanol–water partition coefficient (Wildman–Crippen LogP) is 1.60. The topological polar surface area (TPSA) is 66.6 Å². The molecule has 1 aromatic carbocycles. The molecule has 0 radical (unpaired) electrons. The van der Waals surface area contributed by atoms with Crippen LogP contribution in [0.25, 0.3) is 17.0 Å². The third kappa shape index (κ3) is 2.79. The molecule has 0 atom stereocenters. The van der Waals surface area contributed by atoms with Gasteiger partial charge in [-0.3, -0.25) is 4.79 Å². The van der Waals surface area contributed by atoms with Gasteiger partial charge in [-0.25, -0.2) is 4.39 Å². The largest absolute Gasteiger partial charge is 0.352 e. The lowest BCUT2D eigenvalue weighted by Crippen LogP contribution is -2.48. The van der Waals surface area contributed by atoms with Gasteiger partial charge < -0.3 is 9.80 Å². The van der Waals surface area contributed by atoms with Crippen LogP contribution in [0.4, 0.5) is 10.2 Å². The first-order valence-corrected chi connectivity index (χ1v) is 8.11. The molecule has 128 valence electrons. The highest BCUT2D eigenvalue weighted by atomic mass is 19.1. The molecule has 0 aliphatic carbocycles. The molecular weight excluding hydrogens is 323 g/mol. The van der Waals surface area contributed by atoms with Crippen LogP contribution < -0.4 is 4.90 Å². The second-order valence-electron chi connectivity index (χ2n) is 5.96. The Balaban J connectivity index is 1.68. The Labute approximate surface area is 143 Å². The molecule has 1 aliphatic rings. The van der Waals surface area contributed by atoms with Gasteiger partial charge >= 0.3 is 0 Å². The van der Waals surface area contributed by atoms with E-state index in [9.17, 15) is 9.18 Å². The Bertz CT molecular complexity index is 932. The van der Waals surface area contributed by atoms with Gasteiger partial charge in [-0.05, 0) is 24.3 Å². The van der Waals surface area contributed by atoms with Crippen LogP contribution in [0.1, 0.15) is 6.92 Å². The number of halogens is 1. The van der Waals surface area contributed by atoms with Crippen LogP contribution in [-0.4, -0.2) is 56.8 Å². The molecule has 0 spiro atoms. The molecule has 25 heavy (non-hydrogen) atoms. The van der Waals surface area contributed by atoms with E-state index >= 15 is 0 Å². The SMILES string of the molecule is CC(=O)N1CCN(c2ccc3nnc(-c4ccccc4F)n3n2)CC1. The van der Waals surface area contributed by atoms with Crippen LogP contribution in [-0.2, 0) is 4.79 Å². The summed E-state index contributed by atoms with van der Waals surface area (Å²) in [5.74, 6) is 0.855. The van der Waals surface area contributed by atoms with Gasteiger partial charge in [0.15, 0.2) is 11.5 Å². The summed E-state index contributed by atoms with van der Waals surface area (Å²) < 4.78 is 15.7. The number of hydrogen-bond acceptors (Lipinski definition) is 5. The molecule has 1 saturated heterocycles. The average molecular weight is 340 g/mol. The molecule has 7 nitrogen and oxygen atoms in total. The summed E-state index contributed by atoms with van der Waals surface area (Å²) in [5.41, 5.74) is 0.922. The minimum atomic E-state index is -0.362. The molecule has 3 heterocycles. The number of aromatic nitrogens is 4. The molecule has 4 rings (SSSR count). The first-order valence-electron chi connectivity index (χ1n) is 8.11. The van der Waals surface area contributed by atoms with Gasteiger partial charge in [-0.2, -0.15) is 4.52 Å². The van der Waals surface area contributed by atoms with Crippen molar-refractivity contribution in [3.63, 3.8) is 0 Å². The van der Waals surface area contributed by atoms with Gasteiger partial charge in [0.25, 0.3) is 0 Å². The maximum Gasteiger partial charge on any atom is 0.219 e. The molecule has 1 fully saturated rings. The summed E-state index contributed by atoms with van der Waals surface area (Å²) >= 11 is 0. The van der Waals surface area contributed by atoms with Crippen LogP contribution in [0, 0.1) is 5.82 Å². The van der Waals surface area contributed by atoms with E-state index in [1.165, 1.54) is 6.07 Å². The number of hydrogen-bond donors (Lipinski definition) is 0. The molecule has 3 aromatic rings. The molecule has 0 unspecified atom stereocenters. The summed E-state index contributed by atoms with van der Waals surface area (Å²) in [6, 6.07) is 10.1. The number of piperazine rings is 1. The number of rotatable bonds is 2. The Hall–Kier alpha value is -3.03. The number of anilines is 1. The van der Waals surface area contributed by atoms with Gasteiger partial charge in [-0.1, -0.05) is 12.1 Å². The van der Waals surface area contributed by atoms with E-state index in [4.69, 9.17) is 0 Å². The van der Waals surface area contributed by atoms with Crippen LogP contribution in [0.15, 0.2) is 36.4 Å². The molecule has 1 amide bonds. The normalized spacial score (nSPS) is 15.0. The quantitative estimate of drug-likeness (QED) is 0.709. The van der Waals surface area contributed by atoms with Gasteiger partial charge in [0.2, 0.25) is 5.91 Å². The predicted molar refractivity (Wildman–Crippen MR) is 90.6 cm³/mol. The lowest BCUT2D eigenvalue weighted by Gasteiger charge is -2.34. The standard InChI is InChI=1S/C17H17FN6O/c1-12(25)22-8-10-23(11-9-22)16-7-6-15-19-20-17(24(15)21-16)13-4-2-3-5-14(13)18/h2-7H,8-11H2,1H3. The van der Waals surface area contributed by atoms with Crippen molar-refractivity contribution in [3.05, 3.63) is 42.2 Å². The van der Waals surface area contributed by atoms with Gasteiger partial charge in [0.05, 0.1) is 5.56 Å². The Kier molecular flexibility index (Phi) is 3.79. The molecule has 0 saturated carbocycles. The summed E-state index contributed by atoms with van der Waals surface area (Å²) in [7, 11) is 0. The second kappa shape index (κ2) is 6.12. The van der Waals surface area contributed by atoms with Crippen molar-refractivity contribution in [2.45, 2.75) is 6.92 Å². The lowest BCUT2D eigenvalue weighted by atomic mass is 10.2. The van der Waals surface area contributed by atoms with E-state index in [0.717, 1.165) is 5.82 Å². The Morgan fingerprint density at radius 2 is 1.80 bits per heavy atom. The lowest BCUT2D eigenvalue weighted by molar-refractivity contribution is -0.129. The Morgan fingerprint density at radius 1 is 1.04 bits per heavy atom. The van der Waals surface area contributed by atoms with Gasteiger partial charge in [0, 0.05) is 33.1 Å². The van der Waals surface area contributed by atoms with Crippen molar-refractivity contribution in [2.75, 3.05) is 31.1 Å². The third-order valence-electron chi connectivity index (χ3n) is 4.41. The number of nitrogens with zero attached hydrogens (tertiary/aromatic N) is 6. The van der Waals surface area contributed by atoms with Crippen molar-refractivity contribution in [1.82, 2.24) is 24.7 Å². The zero-order valence-corrected chi connectivity index (χ0v) is 13.8. The third-order valence-corrected chi connectivity index (χ3v) is 4.41. The van der Waals surface area contributed by atoms with Crippen molar-refractivity contribution in [1.29, 1.82) is 0 Å². The summed E-state index contributed by atoms with van der Waals surface area (Å²) in [6.45, 7) is 4.32. The van der Waals surface area contributed by atoms with Crippen molar-refractivity contribution < 1.29 is 9.18 Å². The molecule has 2 aromatic heterocycles. The fraction of sp³-hybridized carbons (Fsp3) is 0.294. The summed E-state index contributed by atoms with van der Waals surface area (Å²) in [6.07, 6.45) is 0. The maximum atomic E-state index is 14.1. The molecule has 8 heteroatoms. The summed E-state index contributed by atoms with van der Waals surface area (Å²) in [4.78, 5) is 15.4. The van der Waals surface area contributed by atoms with Crippen LogP contribution in [0.3, 0.4) is 0 Å². The van der Waals surface area contributed by atoms with E-state index in [-0.39, 0.29) is 11.7 Å². The minimum Gasteiger partial charge on any atom is -0.352 e. The highest BCUT2D eigenvalue weighted by Gasteiger charge is 2.21. The number of benzene rings is 1. The fourth-order valence-electron chi connectivity index (χ4n) is 3.01. The monoisotopic (exact) mass is 340 g/mol. The van der Waals surface area contributed by atoms with Gasteiger partial charge in [0.1, 0.15) is 11.6 Å². The number of carbonyl (C=O) groups excluding carboxylic acids is 1. The first-order chi connectivity index (χ1) is 12.1. The fourth-order valence-corrected chi connectivity index (χ4v) is 3.01. The van der Waals surface area contributed by atoms with Crippen LogP contribution in [0.2, 0.25) is 0 Å². The molecule has 1 aliphatic heterocycles. The number of fused-ring (bicyclic) bond motifs is 1. The minimum absolute atomic E-state index is 0.0868. The Morgan fingerprint density at radius 3 is 2.52 bits per heavy atom. The highest BCUT2D eigenvalue weighted by Crippen LogP contribution is 2.22. The van der Waals surface area contributed by atoms with Crippen molar-refractivity contribution in [3.8, 4) is 11.4 Å². The van der Waals surface area contributed by atoms with E-state index in [2.05, 4.69) is 20.2 Å². The number of carbonyl (C=O) groups is 1. The van der Waals surface area contributed by atoms with Crippen molar-refractivity contribution >= 4 is 17.4 Å². The van der Waals surface area contributed by atoms with E-state index in [1.807, 2.05) is 17.0 Å². The zero-order chi connectivity index (χ0) is 17.4. The van der Waals surface area contributed by atoms with E-state index in [0.29, 0.717) is 43.2 Å². The van der Waals surface area contributed by atoms with Gasteiger partial charge in [-0.15, -0.1) is 15.3 Å². The van der Waals surface area contributed by atoms with E-state index in [1.54, 1.807) is 29.6 Å². The average Bonchev–Trinajstić information content (AvgIpc) is 3.05. The maximum absolute atomic E-state index is 14.1. The van der Waals surface area contributed by atoms with Crippen LogP contribution >= 0.6 is 0 Å². The smallest absolute Gasteiger partial charge is 0.219 e. The molecular formula is C17H17FN6O. The summed E-state index contributed by atoms with van der Waals surface area (Å²) in [5, 5.41) is 12.8. The molecule has 0 N–H and O–H groups in total. The first kappa shape index (κ1) is 15.5. The number of amides is 1. The highest BCUT2D eigenvalue weighted by molar-refractivity contribution is 5.73. The molecule has 0 bridgehead atoms. The van der Waals surface area contributed by atoms with Crippen LogP contribution in [0.5, 0.6) is 0 Å². The second-order valence-corrected chi connectivity index (χ2v) is 5.96.